The number of rotatable bonds is 6. The monoisotopic (exact) mass is 291 g/mol. The smallest absolute Gasteiger partial charge is 0.0406 e. The summed E-state index contributed by atoms with van der Waals surface area (Å²) in [4.78, 5) is 0. The normalized spacial score (nSPS) is 17.9. The molecule has 0 amide bonds. The number of benzene rings is 1. The highest BCUT2D eigenvalue weighted by Crippen LogP contribution is 2.40. The van der Waals surface area contributed by atoms with Gasteiger partial charge in [-0.05, 0) is 49.3 Å². The first-order valence-corrected chi connectivity index (χ1v) is 8.07. The number of allylic oxidation sites excluding steroid dienone is 1. The minimum Gasteiger partial charge on any atom is -0.312 e. The predicted molar refractivity (Wildman–Crippen MR) is 88.1 cm³/mol. The Labute approximate surface area is 128 Å². The summed E-state index contributed by atoms with van der Waals surface area (Å²) in [5, 5.41) is 4.46. The molecule has 1 saturated carbocycles. The van der Waals surface area contributed by atoms with E-state index in [2.05, 4.69) is 31.0 Å². The van der Waals surface area contributed by atoms with Crippen molar-refractivity contribution >= 4 is 11.6 Å². The summed E-state index contributed by atoms with van der Waals surface area (Å²) in [6.07, 6.45) is 7.99. The van der Waals surface area contributed by atoms with Crippen LogP contribution in [-0.4, -0.2) is 6.54 Å². The van der Waals surface area contributed by atoms with E-state index in [1.165, 1.54) is 49.7 Å². The Hall–Kier alpha value is -0.790. The van der Waals surface area contributed by atoms with Gasteiger partial charge in [0.25, 0.3) is 0 Å². The van der Waals surface area contributed by atoms with Gasteiger partial charge in [0.2, 0.25) is 0 Å². The molecule has 1 fully saturated rings. The minimum absolute atomic E-state index is 0.441. The third-order valence-electron chi connectivity index (χ3n) is 4.33. The van der Waals surface area contributed by atoms with Crippen molar-refractivity contribution in [2.24, 2.45) is 5.41 Å². The second-order valence-corrected chi connectivity index (χ2v) is 6.86. The largest absolute Gasteiger partial charge is 0.312 e. The molecule has 1 N–H and O–H groups in total. The second-order valence-electron chi connectivity index (χ2n) is 6.42. The predicted octanol–water partition coefficient (Wildman–Crippen LogP) is 5.35. The lowest BCUT2D eigenvalue weighted by molar-refractivity contribution is 0.180. The molecule has 1 nitrogen and oxygen atoms in total. The molecule has 1 aliphatic carbocycles. The molecule has 0 aromatic heterocycles. The summed E-state index contributed by atoms with van der Waals surface area (Å²) in [5.74, 6) is 0. The van der Waals surface area contributed by atoms with Gasteiger partial charge < -0.3 is 5.32 Å². The van der Waals surface area contributed by atoms with Crippen LogP contribution in [0.5, 0.6) is 0 Å². The van der Waals surface area contributed by atoms with Gasteiger partial charge in [0.1, 0.15) is 0 Å². The summed E-state index contributed by atoms with van der Waals surface area (Å²) < 4.78 is 0. The van der Waals surface area contributed by atoms with E-state index in [9.17, 15) is 0 Å². The first-order chi connectivity index (χ1) is 9.60. The van der Waals surface area contributed by atoms with Crippen LogP contribution in [0.4, 0.5) is 0 Å². The van der Waals surface area contributed by atoms with Gasteiger partial charge >= 0.3 is 0 Å². The average molecular weight is 292 g/mol. The van der Waals surface area contributed by atoms with Crippen LogP contribution in [0.2, 0.25) is 5.02 Å². The molecule has 1 aromatic carbocycles. The fourth-order valence-corrected chi connectivity index (χ4v) is 3.56. The Bertz CT molecular complexity index is 429. The van der Waals surface area contributed by atoms with Crippen molar-refractivity contribution in [1.82, 2.24) is 5.32 Å². The van der Waals surface area contributed by atoms with E-state index >= 15 is 0 Å². The maximum absolute atomic E-state index is 5.92. The van der Waals surface area contributed by atoms with Crippen molar-refractivity contribution in [2.45, 2.75) is 52.0 Å². The third kappa shape index (κ3) is 4.64. The molecule has 0 saturated heterocycles. The van der Waals surface area contributed by atoms with Gasteiger partial charge in [-0.1, -0.05) is 48.6 Å². The SMILES string of the molecule is C=C(C)CC1(CNCc2ccc(Cl)cc2)CCCCC1. The zero-order valence-electron chi connectivity index (χ0n) is 12.6. The molecule has 2 rings (SSSR count). The second kappa shape index (κ2) is 7.28. The van der Waals surface area contributed by atoms with Crippen LogP contribution in [0.1, 0.15) is 51.0 Å². The standard InChI is InChI=1S/C18H26ClN/c1-15(2)12-18(10-4-3-5-11-18)14-20-13-16-6-8-17(19)9-7-16/h6-9,20H,1,3-5,10-14H2,2H3. The first-order valence-electron chi connectivity index (χ1n) is 7.69. The Morgan fingerprint density at radius 2 is 1.85 bits per heavy atom. The molecule has 0 unspecified atom stereocenters. The molecule has 0 atom stereocenters. The maximum atomic E-state index is 5.92. The van der Waals surface area contributed by atoms with E-state index in [1.54, 1.807) is 0 Å². The third-order valence-corrected chi connectivity index (χ3v) is 4.59. The Morgan fingerprint density at radius 1 is 1.20 bits per heavy atom. The molecule has 2 heteroatoms. The molecule has 0 spiro atoms. The van der Waals surface area contributed by atoms with Crippen molar-refractivity contribution in [3.63, 3.8) is 0 Å². The first kappa shape index (κ1) is 15.6. The molecule has 20 heavy (non-hydrogen) atoms. The van der Waals surface area contributed by atoms with Gasteiger partial charge in [0.15, 0.2) is 0 Å². The molecule has 0 radical (unpaired) electrons. The highest BCUT2D eigenvalue weighted by Gasteiger charge is 2.31. The van der Waals surface area contributed by atoms with Gasteiger partial charge in [0.05, 0.1) is 0 Å². The summed E-state index contributed by atoms with van der Waals surface area (Å²) >= 11 is 5.92. The molecule has 1 aromatic rings. The van der Waals surface area contributed by atoms with E-state index in [4.69, 9.17) is 11.6 Å². The molecular weight excluding hydrogens is 266 g/mol. The van der Waals surface area contributed by atoms with E-state index in [1.807, 2.05) is 12.1 Å². The zero-order chi connectivity index (χ0) is 14.4. The van der Waals surface area contributed by atoms with Gasteiger partial charge in [-0.3, -0.25) is 0 Å². The van der Waals surface area contributed by atoms with Crippen LogP contribution in [0.15, 0.2) is 36.4 Å². The summed E-state index contributed by atoms with van der Waals surface area (Å²) in [7, 11) is 0. The van der Waals surface area contributed by atoms with Crippen molar-refractivity contribution in [2.75, 3.05) is 6.54 Å². The minimum atomic E-state index is 0.441. The van der Waals surface area contributed by atoms with Crippen molar-refractivity contribution in [3.8, 4) is 0 Å². The van der Waals surface area contributed by atoms with Gasteiger partial charge in [-0.15, -0.1) is 6.58 Å². The fourth-order valence-electron chi connectivity index (χ4n) is 3.43. The lowest BCUT2D eigenvalue weighted by atomic mass is 9.70. The van der Waals surface area contributed by atoms with E-state index in [0.717, 1.165) is 18.1 Å². The van der Waals surface area contributed by atoms with E-state index in [-0.39, 0.29) is 0 Å². The fraction of sp³-hybridized carbons (Fsp3) is 0.556. The van der Waals surface area contributed by atoms with Crippen LogP contribution < -0.4 is 5.32 Å². The average Bonchev–Trinajstić information content (AvgIpc) is 2.41. The molecule has 0 aliphatic heterocycles. The molecule has 1 aliphatic rings. The lowest BCUT2D eigenvalue weighted by Crippen LogP contribution is -2.36. The van der Waals surface area contributed by atoms with Crippen molar-refractivity contribution < 1.29 is 0 Å². The summed E-state index contributed by atoms with van der Waals surface area (Å²) in [5.41, 5.74) is 3.06. The Morgan fingerprint density at radius 3 is 2.45 bits per heavy atom. The highest BCUT2D eigenvalue weighted by molar-refractivity contribution is 6.30. The Balaban J connectivity index is 1.88. The van der Waals surface area contributed by atoms with Crippen LogP contribution in [-0.2, 0) is 6.54 Å². The van der Waals surface area contributed by atoms with Gasteiger partial charge in [-0.2, -0.15) is 0 Å². The van der Waals surface area contributed by atoms with Crippen molar-refractivity contribution in [1.29, 1.82) is 0 Å². The van der Waals surface area contributed by atoms with Gasteiger partial charge in [-0.25, -0.2) is 0 Å². The lowest BCUT2D eigenvalue weighted by Gasteiger charge is -2.38. The molecule has 0 heterocycles. The van der Waals surface area contributed by atoms with Crippen LogP contribution in [0.25, 0.3) is 0 Å². The quantitative estimate of drug-likeness (QED) is 0.697. The van der Waals surface area contributed by atoms with Crippen molar-refractivity contribution in [3.05, 3.63) is 47.0 Å². The topological polar surface area (TPSA) is 12.0 Å². The number of halogens is 1. The van der Waals surface area contributed by atoms with Gasteiger partial charge in [0, 0.05) is 18.1 Å². The van der Waals surface area contributed by atoms with E-state index in [0.29, 0.717) is 5.41 Å². The number of hydrogen-bond donors (Lipinski definition) is 1. The number of nitrogens with one attached hydrogen (secondary N) is 1. The Kier molecular flexibility index (Phi) is 5.68. The highest BCUT2D eigenvalue weighted by atomic mass is 35.5. The summed E-state index contributed by atoms with van der Waals surface area (Å²) in [6.45, 7) is 8.32. The van der Waals surface area contributed by atoms with Crippen LogP contribution >= 0.6 is 11.6 Å². The van der Waals surface area contributed by atoms with E-state index < -0.39 is 0 Å². The maximum Gasteiger partial charge on any atom is 0.0406 e. The van der Waals surface area contributed by atoms with Crippen LogP contribution in [0.3, 0.4) is 0 Å². The zero-order valence-corrected chi connectivity index (χ0v) is 13.3. The van der Waals surface area contributed by atoms with Crippen LogP contribution in [0, 0.1) is 5.41 Å². The molecular formula is C18H26ClN. The number of hydrogen-bond acceptors (Lipinski definition) is 1. The molecule has 0 bridgehead atoms. The summed E-state index contributed by atoms with van der Waals surface area (Å²) in [6, 6.07) is 8.12. The molecule has 110 valence electrons.